The lowest BCUT2D eigenvalue weighted by Crippen LogP contribution is -2.49. The van der Waals surface area contributed by atoms with Crippen LogP contribution >= 0.6 is 22.7 Å². The molecule has 0 radical (unpaired) electrons. The normalized spacial score (nSPS) is 17.7. The number of thiophene rings is 2. The standard InChI is InChI=1S/C29H22F6O2S2/c1-13-21(15(3)38-25(13)17-5-9-19(36)10-6-17)23-24(28(32,33)29(34,35)27(23,30)31)22-14(2)26(39-16(22)4)18-7-11-20(37)12-8-18/h5-12,36-37H,1-4H3. The number of hydrogen-bond acceptors (Lipinski definition) is 4. The molecule has 2 heterocycles. The van der Waals surface area contributed by atoms with Gasteiger partial charge in [0.1, 0.15) is 11.5 Å². The predicted molar refractivity (Wildman–Crippen MR) is 143 cm³/mol. The van der Waals surface area contributed by atoms with Crippen molar-refractivity contribution in [1.29, 1.82) is 0 Å². The molecular weight excluding hydrogens is 558 g/mol. The lowest BCUT2D eigenvalue weighted by Gasteiger charge is -2.26. The largest absolute Gasteiger partial charge is 0.508 e. The Hall–Kier alpha value is -3.24. The number of phenolic OH excluding ortho intramolecular Hbond substituents is 2. The Balaban J connectivity index is 1.84. The van der Waals surface area contributed by atoms with Gasteiger partial charge in [0.25, 0.3) is 0 Å². The van der Waals surface area contributed by atoms with E-state index in [0.29, 0.717) is 20.9 Å². The van der Waals surface area contributed by atoms with Crippen LogP contribution in [0.3, 0.4) is 0 Å². The molecule has 4 aromatic rings. The number of phenols is 2. The van der Waals surface area contributed by atoms with Crippen molar-refractivity contribution in [1.82, 2.24) is 0 Å². The first-order valence-electron chi connectivity index (χ1n) is 11.8. The van der Waals surface area contributed by atoms with Crippen molar-refractivity contribution in [3.05, 3.63) is 80.5 Å². The van der Waals surface area contributed by atoms with Gasteiger partial charge in [0.15, 0.2) is 0 Å². The van der Waals surface area contributed by atoms with Crippen molar-refractivity contribution in [2.75, 3.05) is 0 Å². The van der Waals surface area contributed by atoms with Crippen molar-refractivity contribution in [2.45, 2.75) is 45.5 Å². The van der Waals surface area contributed by atoms with E-state index in [1.807, 2.05) is 0 Å². The van der Waals surface area contributed by atoms with Gasteiger partial charge in [-0.1, -0.05) is 0 Å². The molecule has 0 fully saturated rings. The maximum Gasteiger partial charge on any atom is 0.380 e. The number of halogens is 6. The molecule has 1 aliphatic carbocycles. The monoisotopic (exact) mass is 580 g/mol. The zero-order valence-corrected chi connectivity index (χ0v) is 22.7. The second-order valence-electron chi connectivity index (χ2n) is 9.54. The molecule has 0 aliphatic heterocycles. The first kappa shape index (κ1) is 27.3. The minimum Gasteiger partial charge on any atom is -0.508 e. The summed E-state index contributed by atoms with van der Waals surface area (Å²) in [5.74, 6) is -16.0. The fraction of sp³-hybridized carbons (Fsp3) is 0.241. The summed E-state index contributed by atoms with van der Waals surface area (Å²) < 4.78 is 92.6. The highest BCUT2D eigenvalue weighted by Gasteiger charge is 2.80. The first-order chi connectivity index (χ1) is 18.1. The van der Waals surface area contributed by atoms with Crippen molar-refractivity contribution in [3.63, 3.8) is 0 Å². The van der Waals surface area contributed by atoms with Crippen LogP contribution in [0.25, 0.3) is 32.0 Å². The third kappa shape index (κ3) is 3.82. The molecule has 39 heavy (non-hydrogen) atoms. The molecule has 0 unspecified atom stereocenters. The summed E-state index contributed by atoms with van der Waals surface area (Å²) in [5, 5.41) is 19.2. The Morgan fingerprint density at radius 1 is 0.538 bits per heavy atom. The molecule has 1 aliphatic rings. The second-order valence-corrected chi connectivity index (χ2v) is 12.0. The van der Waals surface area contributed by atoms with Crippen LogP contribution in [0.2, 0.25) is 0 Å². The minimum absolute atomic E-state index is 0.0237. The molecule has 204 valence electrons. The summed E-state index contributed by atoms with van der Waals surface area (Å²) in [6.45, 7) is 5.79. The average molecular weight is 581 g/mol. The number of hydrogen-bond donors (Lipinski definition) is 2. The fourth-order valence-corrected chi connectivity index (χ4v) is 7.55. The van der Waals surface area contributed by atoms with Crippen molar-refractivity contribution < 1.29 is 36.6 Å². The fourth-order valence-electron chi connectivity index (χ4n) is 5.21. The summed E-state index contributed by atoms with van der Waals surface area (Å²) in [5.41, 5.74) is -1.97. The smallest absolute Gasteiger partial charge is 0.380 e. The molecule has 0 amide bonds. The molecule has 5 rings (SSSR count). The first-order valence-corrected chi connectivity index (χ1v) is 13.4. The number of aryl methyl sites for hydroxylation is 2. The molecule has 10 heteroatoms. The predicted octanol–water partition coefficient (Wildman–Crippen LogP) is 9.62. The molecule has 2 aromatic heterocycles. The molecule has 0 saturated heterocycles. The van der Waals surface area contributed by atoms with Gasteiger partial charge in [0, 0.05) is 41.8 Å². The topological polar surface area (TPSA) is 40.5 Å². The van der Waals surface area contributed by atoms with Crippen LogP contribution in [0.15, 0.2) is 48.5 Å². The Bertz CT molecular complexity index is 1510. The molecule has 0 atom stereocenters. The van der Waals surface area contributed by atoms with Crippen molar-refractivity contribution in [2.24, 2.45) is 0 Å². The number of aromatic hydroxyl groups is 2. The number of benzene rings is 2. The molecular formula is C29H22F6O2S2. The zero-order chi connectivity index (χ0) is 28.7. The average Bonchev–Trinajstić information content (AvgIpc) is 3.35. The highest BCUT2D eigenvalue weighted by Crippen LogP contribution is 2.67. The summed E-state index contributed by atoms with van der Waals surface area (Å²) in [6, 6.07) is 11.7. The SMILES string of the molecule is Cc1sc(-c2ccc(O)cc2)c(C)c1C1=C(c2c(C)sc(-c3ccc(O)cc3)c2C)C(F)(F)C(F)(F)C1(F)F. The van der Waals surface area contributed by atoms with Gasteiger partial charge in [-0.15, -0.1) is 22.7 Å². The van der Waals surface area contributed by atoms with Crippen LogP contribution in [0.4, 0.5) is 26.3 Å². The van der Waals surface area contributed by atoms with Crippen molar-refractivity contribution >= 4 is 33.8 Å². The summed E-state index contributed by atoms with van der Waals surface area (Å²) in [6.07, 6.45) is 0. The number of rotatable bonds is 4. The minimum atomic E-state index is -5.66. The van der Waals surface area contributed by atoms with Gasteiger partial charge in [-0.25, -0.2) is 0 Å². The second kappa shape index (κ2) is 8.89. The molecule has 2 aromatic carbocycles. The van der Waals surface area contributed by atoms with E-state index in [0.717, 1.165) is 22.7 Å². The van der Waals surface area contributed by atoms with E-state index in [9.17, 15) is 10.2 Å². The molecule has 0 bridgehead atoms. The molecule has 2 nitrogen and oxygen atoms in total. The van der Waals surface area contributed by atoms with E-state index in [-0.39, 0.29) is 43.5 Å². The molecule has 0 spiro atoms. The van der Waals surface area contributed by atoms with Gasteiger partial charge in [-0.05, 0) is 98.5 Å². The highest BCUT2D eigenvalue weighted by atomic mass is 32.1. The van der Waals surface area contributed by atoms with E-state index >= 15 is 26.3 Å². The maximum absolute atomic E-state index is 15.6. The Labute approximate surface area is 228 Å². The van der Waals surface area contributed by atoms with Gasteiger partial charge >= 0.3 is 17.8 Å². The lowest BCUT2D eigenvalue weighted by atomic mass is 9.90. The maximum atomic E-state index is 15.6. The van der Waals surface area contributed by atoms with Crippen LogP contribution in [0.1, 0.15) is 32.0 Å². The Morgan fingerprint density at radius 2 is 0.846 bits per heavy atom. The van der Waals surface area contributed by atoms with E-state index in [1.54, 1.807) is 24.3 Å². The highest BCUT2D eigenvalue weighted by molar-refractivity contribution is 7.16. The van der Waals surface area contributed by atoms with Crippen LogP contribution in [-0.4, -0.2) is 28.0 Å². The van der Waals surface area contributed by atoms with E-state index in [2.05, 4.69) is 0 Å². The van der Waals surface area contributed by atoms with Gasteiger partial charge in [-0.3, -0.25) is 0 Å². The Morgan fingerprint density at radius 3 is 1.15 bits per heavy atom. The van der Waals surface area contributed by atoms with Gasteiger partial charge in [0.05, 0.1) is 0 Å². The van der Waals surface area contributed by atoms with Crippen LogP contribution in [0.5, 0.6) is 11.5 Å². The van der Waals surface area contributed by atoms with Gasteiger partial charge in [-0.2, -0.15) is 26.3 Å². The molecule has 0 saturated carbocycles. The van der Waals surface area contributed by atoms with E-state index in [1.165, 1.54) is 52.0 Å². The summed E-state index contributed by atoms with van der Waals surface area (Å²) in [4.78, 5) is 1.29. The van der Waals surface area contributed by atoms with E-state index < -0.39 is 28.9 Å². The third-order valence-electron chi connectivity index (χ3n) is 7.07. The lowest BCUT2D eigenvalue weighted by molar-refractivity contribution is -0.254. The summed E-state index contributed by atoms with van der Waals surface area (Å²) in [7, 11) is 0. The summed E-state index contributed by atoms with van der Waals surface area (Å²) >= 11 is 2.07. The quantitative estimate of drug-likeness (QED) is 0.236. The van der Waals surface area contributed by atoms with Crippen LogP contribution in [-0.2, 0) is 0 Å². The molecule has 2 N–H and O–H groups in total. The van der Waals surface area contributed by atoms with Crippen LogP contribution in [0, 0.1) is 27.7 Å². The number of allylic oxidation sites excluding steroid dienone is 2. The zero-order valence-electron chi connectivity index (χ0n) is 21.1. The van der Waals surface area contributed by atoms with Gasteiger partial charge in [0.2, 0.25) is 0 Å². The van der Waals surface area contributed by atoms with Gasteiger partial charge < -0.3 is 10.2 Å². The van der Waals surface area contributed by atoms with E-state index in [4.69, 9.17) is 0 Å². The van der Waals surface area contributed by atoms with Crippen molar-refractivity contribution in [3.8, 4) is 32.4 Å². The number of alkyl halides is 6. The third-order valence-corrected chi connectivity index (χ3v) is 9.58. The van der Waals surface area contributed by atoms with Crippen LogP contribution < -0.4 is 0 Å². The Kier molecular flexibility index (Phi) is 6.23.